The summed E-state index contributed by atoms with van der Waals surface area (Å²) in [5.74, 6) is 0.470. The molecule has 2 heterocycles. The Morgan fingerprint density at radius 3 is 2.46 bits per heavy atom. The van der Waals surface area contributed by atoms with Gasteiger partial charge >= 0.3 is 0 Å². The molecular weight excluding hydrogens is 294 g/mol. The maximum absolute atomic E-state index is 6.19. The van der Waals surface area contributed by atoms with Crippen molar-refractivity contribution in [1.29, 1.82) is 0 Å². The summed E-state index contributed by atoms with van der Waals surface area (Å²) in [6, 6.07) is 19.5. The van der Waals surface area contributed by atoms with Crippen LogP contribution >= 0.6 is 0 Å². The van der Waals surface area contributed by atoms with Crippen LogP contribution < -0.4 is 0 Å². The van der Waals surface area contributed by atoms with Crippen molar-refractivity contribution in [2.75, 3.05) is 0 Å². The third-order valence-corrected chi connectivity index (χ3v) is 5.18. The standard InChI is InChI=1S/C22H19NO/c1-13(2)14-8-6-10-20-22(14)17-11-16-15-7-4-5-9-18(15)23(3)19(16)12-21(17)24-20/h4-13H,1-3H3. The van der Waals surface area contributed by atoms with Gasteiger partial charge in [0.05, 0.1) is 5.52 Å². The smallest absolute Gasteiger partial charge is 0.137 e. The molecule has 0 N–H and O–H groups in total. The van der Waals surface area contributed by atoms with Crippen LogP contribution in [0.15, 0.2) is 59.0 Å². The van der Waals surface area contributed by atoms with Crippen molar-refractivity contribution in [2.45, 2.75) is 19.8 Å². The van der Waals surface area contributed by atoms with Gasteiger partial charge in [0.2, 0.25) is 0 Å². The first-order valence-electron chi connectivity index (χ1n) is 8.47. The Kier molecular flexibility index (Phi) is 2.64. The molecule has 0 fully saturated rings. The minimum absolute atomic E-state index is 0.470. The zero-order chi connectivity index (χ0) is 16.4. The molecule has 0 spiro atoms. The van der Waals surface area contributed by atoms with Gasteiger partial charge in [-0.3, -0.25) is 0 Å². The van der Waals surface area contributed by atoms with E-state index in [1.54, 1.807) is 0 Å². The van der Waals surface area contributed by atoms with E-state index in [2.05, 4.69) is 80.1 Å². The first-order chi connectivity index (χ1) is 11.6. The fraction of sp³-hybridized carbons (Fsp3) is 0.182. The van der Waals surface area contributed by atoms with E-state index in [9.17, 15) is 0 Å². The average Bonchev–Trinajstić information content (AvgIpc) is 3.09. The van der Waals surface area contributed by atoms with E-state index in [0.29, 0.717) is 5.92 Å². The number of furan rings is 1. The van der Waals surface area contributed by atoms with Gasteiger partial charge < -0.3 is 8.98 Å². The van der Waals surface area contributed by atoms with Crippen LogP contribution in [0.1, 0.15) is 25.3 Å². The van der Waals surface area contributed by atoms with Gasteiger partial charge in [-0.05, 0) is 29.7 Å². The number of para-hydroxylation sites is 1. The van der Waals surface area contributed by atoms with Gasteiger partial charge in [0.15, 0.2) is 0 Å². The number of hydrogen-bond acceptors (Lipinski definition) is 1. The lowest BCUT2D eigenvalue weighted by Gasteiger charge is -2.06. The summed E-state index contributed by atoms with van der Waals surface area (Å²) in [4.78, 5) is 0. The monoisotopic (exact) mass is 313 g/mol. The summed E-state index contributed by atoms with van der Waals surface area (Å²) in [6.45, 7) is 4.48. The Morgan fingerprint density at radius 1 is 0.792 bits per heavy atom. The SMILES string of the molecule is CC(C)c1cccc2oc3cc4c(cc3c12)c1ccccc1n4C. The van der Waals surface area contributed by atoms with Gasteiger partial charge in [-0.2, -0.15) is 0 Å². The molecule has 3 aromatic carbocycles. The third-order valence-electron chi connectivity index (χ3n) is 5.18. The highest BCUT2D eigenvalue weighted by Gasteiger charge is 2.16. The molecular formula is C22H19NO. The predicted molar refractivity (Wildman–Crippen MR) is 102 cm³/mol. The van der Waals surface area contributed by atoms with Gasteiger partial charge in [-0.1, -0.05) is 44.2 Å². The molecule has 0 saturated carbocycles. The quantitative estimate of drug-likeness (QED) is 0.352. The van der Waals surface area contributed by atoms with Gasteiger partial charge in [0, 0.05) is 40.2 Å². The first-order valence-corrected chi connectivity index (χ1v) is 8.47. The number of aryl methyl sites for hydroxylation is 1. The molecule has 5 aromatic rings. The number of aromatic nitrogens is 1. The van der Waals surface area contributed by atoms with Crippen LogP contribution in [0.4, 0.5) is 0 Å². The number of fused-ring (bicyclic) bond motifs is 6. The second-order valence-corrected chi connectivity index (χ2v) is 6.92. The first kappa shape index (κ1) is 13.7. The van der Waals surface area contributed by atoms with E-state index in [4.69, 9.17) is 4.42 Å². The van der Waals surface area contributed by atoms with Crippen molar-refractivity contribution in [2.24, 2.45) is 7.05 Å². The van der Waals surface area contributed by atoms with Crippen LogP contribution in [0.2, 0.25) is 0 Å². The van der Waals surface area contributed by atoms with Crippen molar-refractivity contribution in [3.63, 3.8) is 0 Å². The second kappa shape index (κ2) is 4.64. The molecule has 0 amide bonds. The third kappa shape index (κ3) is 1.66. The van der Waals surface area contributed by atoms with Crippen LogP contribution in [0, 0.1) is 0 Å². The van der Waals surface area contributed by atoms with Crippen molar-refractivity contribution in [3.05, 3.63) is 60.2 Å². The zero-order valence-electron chi connectivity index (χ0n) is 14.1. The molecule has 5 rings (SSSR count). The Hall–Kier alpha value is -2.74. The summed E-state index contributed by atoms with van der Waals surface area (Å²) in [5.41, 5.74) is 5.78. The predicted octanol–water partition coefficient (Wildman–Crippen LogP) is 6.35. The Bertz CT molecular complexity index is 1240. The molecule has 0 atom stereocenters. The molecule has 0 bridgehead atoms. The van der Waals surface area contributed by atoms with Crippen molar-refractivity contribution in [1.82, 2.24) is 4.57 Å². The van der Waals surface area contributed by atoms with Gasteiger partial charge in [-0.15, -0.1) is 0 Å². The van der Waals surface area contributed by atoms with Crippen LogP contribution in [-0.2, 0) is 7.05 Å². The largest absolute Gasteiger partial charge is 0.456 e. The molecule has 0 aliphatic carbocycles. The zero-order valence-corrected chi connectivity index (χ0v) is 14.1. The molecule has 118 valence electrons. The summed E-state index contributed by atoms with van der Waals surface area (Å²) in [7, 11) is 2.12. The highest BCUT2D eigenvalue weighted by atomic mass is 16.3. The van der Waals surface area contributed by atoms with Crippen molar-refractivity contribution in [3.8, 4) is 0 Å². The van der Waals surface area contributed by atoms with E-state index in [1.807, 2.05) is 0 Å². The van der Waals surface area contributed by atoms with E-state index in [-0.39, 0.29) is 0 Å². The summed E-state index contributed by atoms with van der Waals surface area (Å²) < 4.78 is 8.44. The van der Waals surface area contributed by atoms with Crippen LogP contribution in [0.3, 0.4) is 0 Å². The van der Waals surface area contributed by atoms with E-state index in [0.717, 1.165) is 11.2 Å². The molecule has 24 heavy (non-hydrogen) atoms. The van der Waals surface area contributed by atoms with Crippen LogP contribution in [-0.4, -0.2) is 4.57 Å². The fourth-order valence-electron chi connectivity index (χ4n) is 3.99. The minimum Gasteiger partial charge on any atom is -0.456 e. The van der Waals surface area contributed by atoms with Gasteiger partial charge in [-0.25, -0.2) is 0 Å². The average molecular weight is 313 g/mol. The molecule has 2 aromatic heterocycles. The second-order valence-electron chi connectivity index (χ2n) is 6.92. The maximum atomic E-state index is 6.19. The summed E-state index contributed by atoms with van der Waals surface area (Å²) in [5, 5.41) is 5.07. The van der Waals surface area contributed by atoms with E-state index in [1.165, 1.54) is 38.1 Å². The molecule has 2 heteroatoms. The number of nitrogens with zero attached hydrogens (tertiary/aromatic N) is 1. The summed E-state index contributed by atoms with van der Waals surface area (Å²) in [6.07, 6.45) is 0. The lowest BCUT2D eigenvalue weighted by molar-refractivity contribution is 0.668. The minimum atomic E-state index is 0.470. The van der Waals surface area contributed by atoms with E-state index >= 15 is 0 Å². The molecule has 0 aliphatic rings. The van der Waals surface area contributed by atoms with Crippen molar-refractivity contribution >= 4 is 43.7 Å². The lowest BCUT2D eigenvalue weighted by Crippen LogP contribution is -1.87. The lowest BCUT2D eigenvalue weighted by atomic mass is 9.97. The van der Waals surface area contributed by atoms with Crippen LogP contribution in [0.5, 0.6) is 0 Å². The Morgan fingerprint density at radius 2 is 1.62 bits per heavy atom. The Labute approximate surface area is 140 Å². The normalized spacial score (nSPS) is 12.3. The Balaban J connectivity index is 2.03. The number of rotatable bonds is 1. The maximum Gasteiger partial charge on any atom is 0.137 e. The van der Waals surface area contributed by atoms with E-state index < -0.39 is 0 Å². The molecule has 0 radical (unpaired) electrons. The molecule has 0 aliphatic heterocycles. The summed E-state index contributed by atoms with van der Waals surface area (Å²) >= 11 is 0. The van der Waals surface area contributed by atoms with Gasteiger partial charge in [0.1, 0.15) is 11.2 Å². The topological polar surface area (TPSA) is 18.1 Å². The molecule has 0 saturated heterocycles. The van der Waals surface area contributed by atoms with Crippen molar-refractivity contribution < 1.29 is 4.42 Å². The van der Waals surface area contributed by atoms with Gasteiger partial charge in [0.25, 0.3) is 0 Å². The number of hydrogen-bond donors (Lipinski definition) is 0. The molecule has 0 unspecified atom stereocenters. The fourth-order valence-corrected chi connectivity index (χ4v) is 3.99. The number of benzene rings is 3. The van der Waals surface area contributed by atoms with Crippen LogP contribution in [0.25, 0.3) is 43.7 Å². The highest BCUT2D eigenvalue weighted by Crippen LogP contribution is 2.38. The molecule has 2 nitrogen and oxygen atoms in total. The highest BCUT2D eigenvalue weighted by molar-refractivity contribution is 6.17.